The lowest BCUT2D eigenvalue weighted by atomic mass is 9.96. The fraction of sp³-hybridized carbons (Fsp3) is 0.571. The van der Waals surface area contributed by atoms with Crippen molar-refractivity contribution in [2.24, 2.45) is 5.92 Å². The van der Waals surface area contributed by atoms with Crippen LogP contribution in [-0.4, -0.2) is 42.7 Å². The van der Waals surface area contributed by atoms with E-state index < -0.39 is 17.7 Å². The Kier molecular flexibility index (Phi) is 4.85. The van der Waals surface area contributed by atoms with Gasteiger partial charge in [-0.1, -0.05) is 6.92 Å². The second-order valence-corrected chi connectivity index (χ2v) is 5.14. The van der Waals surface area contributed by atoms with E-state index in [2.05, 4.69) is 10.2 Å². The van der Waals surface area contributed by atoms with Gasteiger partial charge in [0, 0.05) is 38.3 Å². The number of nitrogens with one attached hydrogen (secondary N) is 1. The van der Waals surface area contributed by atoms with E-state index in [1.165, 1.54) is 0 Å². The molecule has 1 aromatic carbocycles. The Morgan fingerprint density at radius 3 is 2.68 bits per heavy atom. The van der Waals surface area contributed by atoms with Crippen molar-refractivity contribution in [1.29, 1.82) is 0 Å². The number of nitrogens with zero attached hydrogens (tertiary/aromatic N) is 1. The zero-order valence-corrected chi connectivity index (χ0v) is 11.1. The van der Waals surface area contributed by atoms with Gasteiger partial charge in [0.2, 0.25) is 0 Å². The van der Waals surface area contributed by atoms with Crippen molar-refractivity contribution in [2.75, 3.05) is 32.7 Å². The molecule has 1 saturated heterocycles. The first kappa shape index (κ1) is 14.4. The molecule has 5 heteroatoms. The minimum absolute atomic E-state index is 0.0441. The lowest BCUT2D eigenvalue weighted by Crippen LogP contribution is -2.45. The molecule has 0 radical (unpaired) electrons. The Morgan fingerprint density at radius 1 is 1.32 bits per heavy atom. The van der Waals surface area contributed by atoms with Gasteiger partial charge in [-0.15, -0.1) is 0 Å². The molecule has 1 fully saturated rings. The zero-order chi connectivity index (χ0) is 13.8. The average molecular weight is 270 g/mol. The molecule has 1 aliphatic rings. The van der Waals surface area contributed by atoms with Crippen molar-refractivity contribution >= 4 is 0 Å². The molecular formula is C14H20F2N2O. The number of rotatable bonds is 4. The maximum Gasteiger partial charge on any atom is 0.129 e. The highest BCUT2D eigenvalue weighted by atomic mass is 19.1. The van der Waals surface area contributed by atoms with Crippen LogP contribution in [0.2, 0.25) is 0 Å². The Labute approximate surface area is 112 Å². The minimum Gasteiger partial charge on any atom is -0.388 e. The molecule has 2 N–H and O–H groups in total. The van der Waals surface area contributed by atoms with Crippen LogP contribution in [0.15, 0.2) is 18.2 Å². The number of aliphatic hydroxyl groups excluding tert-OH is 1. The fourth-order valence-electron chi connectivity index (χ4n) is 2.45. The molecular weight excluding hydrogens is 250 g/mol. The number of aliphatic hydroxyl groups is 1. The molecule has 0 amide bonds. The molecule has 0 bridgehead atoms. The summed E-state index contributed by atoms with van der Waals surface area (Å²) in [6.07, 6.45) is -0.981. The molecule has 3 nitrogen and oxygen atoms in total. The highest BCUT2D eigenvalue weighted by molar-refractivity contribution is 5.21. The van der Waals surface area contributed by atoms with Gasteiger partial charge in [0.15, 0.2) is 0 Å². The topological polar surface area (TPSA) is 35.5 Å². The molecule has 2 atom stereocenters. The smallest absolute Gasteiger partial charge is 0.129 e. The standard InChI is InChI=1S/C14H20F2N2O/c1-10(9-18-6-4-17-5-7-18)14(19)12-8-11(15)2-3-13(12)16/h2-3,8,10,14,17,19H,4-7,9H2,1H3. The fourth-order valence-corrected chi connectivity index (χ4v) is 2.45. The van der Waals surface area contributed by atoms with Gasteiger partial charge in [0.25, 0.3) is 0 Å². The summed E-state index contributed by atoms with van der Waals surface area (Å²) in [5, 5.41) is 13.4. The van der Waals surface area contributed by atoms with Gasteiger partial charge in [-0.3, -0.25) is 0 Å². The van der Waals surface area contributed by atoms with Crippen molar-refractivity contribution in [3.63, 3.8) is 0 Å². The minimum atomic E-state index is -0.981. The van der Waals surface area contributed by atoms with Crippen molar-refractivity contribution < 1.29 is 13.9 Å². The first-order chi connectivity index (χ1) is 9.08. The Morgan fingerprint density at radius 2 is 2.00 bits per heavy atom. The van der Waals surface area contributed by atoms with Crippen LogP contribution < -0.4 is 5.32 Å². The second-order valence-electron chi connectivity index (χ2n) is 5.14. The SMILES string of the molecule is CC(CN1CCNCC1)C(O)c1cc(F)ccc1F. The summed E-state index contributed by atoms with van der Waals surface area (Å²) >= 11 is 0. The third-order valence-corrected chi connectivity index (χ3v) is 3.57. The summed E-state index contributed by atoms with van der Waals surface area (Å²) in [4.78, 5) is 2.22. The molecule has 1 aliphatic heterocycles. The molecule has 0 aliphatic carbocycles. The van der Waals surface area contributed by atoms with Crippen LogP contribution in [0, 0.1) is 17.6 Å². The number of benzene rings is 1. The van der Waals surface area contributed by atoms with E-state index in [1.54, 1.807) is 0 Å². The van der Waals surface area contributed by atoms with Crippen molar-refractivity contribution in [3.05, 3.63) is 35.4 Å². The van der Waals surface area contributed by atoms with E-state index in [9.17, 15) is 13.9 Å². The van der Waals surface area contributed by atoms with Crippen LogP contribution >= 0.6 is 0 Å². The summed E-state index contributed by atoms with van der Waals surface area (Å²) in [6.45, 7) is 6.23. The van der Waals surface area contributed by atoms with Gasteiger partial charge in [-0.25, -0.2) is 8.78 Å². The third-order valence-electron chi connectivity index (χ3n) is 3.57. The summed E-state index contributed by atoms with van der Waals surface area (Å²) in [7, 11) is 0. The molecule has 0 saturated carbocycles. The van der Waals surface area contributed by atoms with E-state index in [0.29, 0.717) is 6.54 Å². The monoisotopic (exact) mass is 270 g/mol. The normalized spacial score (nSPS) is 20.2. The summed E-state index contributed by atoms with van der Waals surface area (Å²) in [6, 6.07) is 3.20. The van der Waals surface area contributed by atoms with Gasteiger partial charge in [-0.2, -0.15) is 0 Å². The summed E-state index contributed by atoms with van der Waals surface area (Å²) < 4.78 is 26.7. The highest BCUT2D eigenvalue weighted by Crippen LogP contribution is 2.25. The van der Waals surface area contributed by atoms with Crippen molar-refractivity contribution in [2.45, 2.75) is 13.0 Å². The molecule has 19 heavy (non-hydrogen) atoms. The van der Waals surface area contributed by atoms with Crippen LogP contribution in [0.3, 0.4) is 0 Å². The lowest BCUT2D eigenvalue weighted by molar-refractivity contribution is 0.0812. The van der Waals surface area contributed by atoms with Crippen LogP contribution in [0.1, 0.15) is 18.6 Å². The average Bonchev–Trinajstić information content (AvgIpc) is 2.42. The largest absolute Gasteiger partial charge is 0.388 e. The van der Waals surface area contributed by atoms with E-state index in [1.807, 2.05) is 6.92 Å². The molecule has 1 aromatic rings. The van der Waals surface area contributed by atoms with Crippen molar-refractivity contribution in [3.8, 4) is 0 Å². The van der Waals surface area contributed by atoms with Crippen LogP contribution in [0.25, 0.3) is 0 Å². The Hall–Kier alpha value is -1.04. The molecule has 2 unspecified atom stereocenters. The van der Waals surface area contributed by atoms with Crippen LogP contribution in [-0.2, 0) is 0 Å². The van der Waals surface area contributed by atoms with Gasteiger partial charge >= 0.3 is 0 Å². The zero-order valence-electron chi connectivity index (χ0n) is 11.1. The summed E-state index contributed by atoms with van der Waals surface area (Å²) in [5.41, 5.74) is 0.0441. The quantitative estimate of drug-likeness (QED) is 0.871. The first-order valence-corrected chi connectivity index (χ1v) is 6.64. The maximum absolute atomic E-state index is 13.6. The molecule has 0 aromatic heterocycles. The molecule has 106 valence electrons. The predicted molar refractivity (Wildman–Crippen MR) is 69.8 cm³/mol. The van der Waals surface area contributed by atoms with E-state index in [-0.39, 0.29) is 11.5 Å². The van der Waals surface area contributed by atoms with E-state index in [0.717, 1.165) is 44.4 Å². The summed E-state index contributed by atoms with van der Waals surface area (Å²) in [5.74, 6) is -1.22. The van der Waals surface area contributed by atoms with Crippen LogP contribution in [0.4, 0.5) is 8.78 Å². The first-order valence-electron chi connectivity index (χ1n) is 6.64. The number of piperazine rings is 1. The number of hydrogen-bond acceptors (Lipinski definition) is 3. The lowest BCUT2D eigenvalue weighted by Gasteiger charge is -2.31. The Bertz CT molecular complexity index is 422. The predicted octanol–water partition coefficient (Wildman–Crippen LogP) is 1.54. The molecule has 0 spiro atoms. The van der Waals surface area contributed by atoms with E-state index in [4.69, 9.17) is 0 Å². The second kappa shape index (κ2) is 6.41. The van der Waals surface area contributed by atoms with Gasteiger partial charge < -0.3 is 15.3 Å². The molecule has 2 rings (SSSR count). The third kappa shape index (κ3) is 3.72. The maximum atomic E-state index is 13.6. The van der Waals surface area contributed by atoms with E-state index >= 15 is 0 Å². The number of halogens is 2. The van der Waals surface area contributed by atoms with Gasteiger partial charge in [0.05, 0.1) is 6.10 Å². The molecule has 1 heterocycles. The van der Waals surface area contributed by atoms with Gasteiger partial charge in [0.1, 0.15) is 11.6 Å². The van der Waals surface area contributed by atoms with Crippen molar-refractivity contribution in [1.82, 2.24) is 10.2 Å². The Balaban J connectivity index is 2.01. The van der Waals surface area contributed by atoms with Gasteiger partial charge in [-0.05, 0) is 24.1 Å². The van der Waals surface area contributed by atoms with Crippen LogP contribution in [0.5, 0.6) is 0 Å². The number of hydrogen-bond donors (Lipinski definition) is 2. The highest BCUT2D eigenvalue weighted by Gasteiger charge is 2.23.